The van der Waals surface area contributed by atoms with E-state index in [1.807, 2.05) is 34.6 Å². The minimum atomic E-state index is -0.687. The van der Waals surface area contributed by atoms with Crippen LogP contribution in [-0.4, -0.2) is 36.9 Å². The zero-order valence-electron chi connectivity index (χ0n) is 13.5. The second-order valence-electron chi connectivity index (χ2n) is 7.44. The fraction of sp³-hybridized carbons (Fsp3) is 0.875. The molecule has 0 aliphatic carbocycles. The number of ether oxygens (including phenoxy) is 3. The van der Waals surface area contributed by atoms with Crippen LogP contribution in [0.5, 0.6) is 0 Å². The number of rotatable bonds is 3. The number of hydrogen-bond donors (Lipinski definition) is 0. The second-order valence-corrected chi connectivity index (χ2v) is 7.44. The van der Waals surface area contributed by atoms with E-state index in [9.17, 15) is 9.59 Å². The van der Waals surface area contributed by atoms with Gasteiger partial charge in [0.05, 0.1) is 18.1 Å². The molecule has 2 rings (SSSR count). The molecule has 2 aliphatic rings. The topological polar surface area (TPSA) is 61.8 Å². The van der Waals surface area contributed by atoms with Gasteiger partial charge >= 0.3 is 5.97 Å². The monoisotopic (exact) mass is 298 g/mol. The first kappa shape index (κ1) is 16.4. The summed E-state index contributed by atoms with van der Waals surface area (Å²) >= 11 is 0. The van der Waals surface area contributed by atoms with Gasteiger partial charge in [-0.05, 0) is 34.1 Å². The molecule has 2 aliphatic heterocycles. The zero-order valence-corrected chi connectivity index (χ0v) is 13.5. The van der Waals surface area contributed by atoms with Gasteiger partial charge in [0, 0.05) is 18.3 Å². The van der Waals surface area contributed by atoms with Gasteiger partial charge in [-0.15, -0.1) is 0 Å². The number of esters is 1. The lowest BCUT2D eigenvalue weighted by atomic mass is 9.80. The molecule has 5 atom stereocenters. The van der Waals surface area contributed by atoms with E-state index in [-0.39, 0.29) is 23.9 Å². The highest BCUT2D eigenvalue weighted by molar-refractivity contribution is 5.75. The fourth-order valence-electron chi connectivity index (χ4n) is 2.99. The van der Waals surface area contributed by atoms with Crippen molar-refractivity contribution in [2.75, 3.05) is 6.61 Å². The first-order valence-corrected chi connectivity index (χ1v) is 7.64. The van der Waals surface area contributed by atoms with Gasteiger partial charge in [-0.1, -0.05) is 6.92 Å². The molecule has 2 fully saturated rings. The third-order valence-electron chi connectivity index (χ3n) is 4.42. The molecule has 0 N–H and O–H groups in total. The van der Waals surface area contributed by atoms with Crippen molar-refractivity contribution < 1.29 is 23.8 Å². The van der Waals surface area contributed by atoms with Crippen LogP contribution < -0.4 is 0 Å². The normalized spacial score (nSPS) is 39.7. The van der Waals surface area contributed by atoms with Gasteiger partial charge in [0.15, 0.2) is 5.79 Å². The predicted octanol–water partition coefficient (Wildman–Crippen LogP) is 2.32. The Kier molecular flexibility index (Phi) is 4.45. The van der Waals surface area contributed by atoms with Crippen molar-refractivity contribution in [2.45, 2.75) is 65.5 Å². The minimum Gasteiger partial charge on any atom is -0.465 e. The van der Waals surface area contributed by atoms with E-state index in [0.717, 1.165) is 12.7 Å². The highest BCUT2D eigenvalue weighted by Gasteiger charge is 2.50. The third-order valence-corrected chi connectivity index (χ3v) is 4.42. The molecule has 2 saturated heterocycles. The summed E-state index contributed by atoms with van der Waals surface area (Å²) < 4.78 is 17.2. The van der Waals surface area contributed by atoms with Gasteiger partial charge in [-0.2, -0.15) is 0 Å². The number of carbonyl (C=O) groups is 2. The van der Waals surface area contributed by atoms with Crippen LogP contribution in [0.2, 0.25) is 0 Å². The van der Waals surface area contributed by atoms with Crippen LogP contribution in [0.15, 0.2) is 0 Å². The van der Waals surface area contributed by atoms with Crippen LogP contribution in [-0.2, 0) is 23.8 Å². The molecule has 2 bridgehead atoms. The molecule has 0 aromatic rings. The van der Waals surface area contributed by atoms with Gasteiger partial charge in [-0.3, -0.25) is 4.79 Å². The Hall–Kier alpha value is -0.940. The lowest BCUT2D eigenvalue weighted by Crippen LogP contribution is -2.58. The molecule has 1 unspecified atom stereocenters. The van der Waals surface area contributed by atoms with E-state index in [1.165, 1.54) is 0 Å². The molecule has 2 heterocycles. The van der Waals surface area contributed by atoms with Crippen LogP contribution in [0.4, 0.5) is 0 Å². The van der Waals surface area contributed by atoms with Crippen LogP contribution >= 0.6 is 0 Å². The molecule has 0 aromatic carbocycles. The van der Waals surface area contributed by atoms with E-state index in [0.29, 0.717) is 13.0 Å². The molecule has 0 radical (unpaired) electrons. The maximum atomic E-state index is 11.9. The Morgan fingerprint density at radius 1 is 1.38 bits per heavy atom. The van der Waals surface area contributed by atoms with E-state index >= 15 is 0 Å². The number of carbonyl (C=O) groups excluding carboxylic acids is 2. The van der Waals surface area contributed by atoms with E-state index in [1.54, 1.807) is 0 Å². The van der Waals surface area contributed by atoms with Gasteiger partial charge in [0.25, 0.3) is 0 Å². The van der Waals surface area contributed by atoms with Gasteiger partial charge < -0.3 is 19.0 Å². The van der Waals surface area contributed by atoms with Crippen molar-refractivity contribution in [3.05, 3.63) is 0 Å². The summed E-state index contributed by atoms with van der Waals surface area (Å²) in [4.78, 5) is 23.1. The summed E-state index contributed by atoms with van der Waals surface area (Å²) in [5, 5.41) is 0. The summed E-state index contributed by atoms with van der Waals surface area (Å²) in [7, 11) is 0. The quantitative estimate of drug-likeness (QED) is 0.591. The molecule has 120 valence electrons. The standard InChI is InChI=1S/C16H26O5/c1-10-12(8-17)20-16(5)7-6-11(13(10)21-16)9-19-14(18)15(2,3)4/h8,10-13H,6-7,9H2,1-5H3/t10-,11-,12-,13-,16?/m0/s1. The van der Waals surface area contributed by atoms with Crippen molar-refractivity contribution in [3.8, 4) is 0 Å². The van der Waals surface area contributed by atoms with Crippen molar-refractivity contribution in [3.63, 3.8) is 0 Å². The smallest absolute Gasteiger partial charge is 0.311 e. The Morgan fingerprint density at radius 3 is 2.62 bits per heavy atom. The van der Waals surface area contributed by atoms with E-state index in [4.69, 9.17) is 14.2 Å². The van der Waals surface area contributed by atoms with Gasteiger partial charge in [0.2, 0.25) is 0 Å². The minimum absolute atomic E-state index is 0.0331. The maximum absolute atomic E-state index is 11.9. The summed E-state index contributed by atoms with van der Waals surface area (Å²) in [5.41, 5.74) is -0.503. The Labute approximate surface area is 126 Å². The average Bonchev–Trinajstić information content (AvgIpc) is 2.40. The molecule has 0 saturated carbocycles. The summed E-state index contributed by atoms with van der Waals surface area (Å²) in [5.74, 6) is -0.810. The van der Waals surface area contributed by atoms with E-state index in [2.05, 4.69) is 0 Å². The number of fused-ring (bicyclic) bond motifs is 2. The highest BCUT2D eigenvalue weighted by Crippen LogP contribution is 2.43. The summed E-state index contributed by atoms with van der Waals surface area (Å²) in [6.45, 7) is 9.68. The predicted molar refractivity (Wildman–Crippen MR) is 76.5 cm³/mol. The van der Waals surface area contributed by atoms with Crippen LogP contribution in [0.3, 0.4) is 0 Å². The number of hydrogen-bond acceptors (Lipinski definition) is 5. The first-order chi connectivity index (χ1) is 9.66. The molecular formula is C16H26O5. The molecular weight excluding hydrogens is 272 g/mol. The maximum Gasteiger partial charge on any atom is 0.311 e. The van der Waals surface area contributed by atoms with Crippen LogP contribution in [0, 0.1) is 17.3 Å². The molecule has 21 heavy (non-hydrogen) atoms. The summed E-state index contributed by atoms with van der Waals surface area (Å²) in [6.07, 6.45) is 1.87. The molecule has 0 amide bonds. The highest BCUT2D eigenvalue weighted by atomic mass is 16.7. The SMILES string of the molecule is C[C@@H]1[C@@H]2OC(C)(CC[C@H]2COC(=O)C(C)(C)C)O[C@H]1C=O. The van der Waals surface area contributed by atoms with Crippen molar-refractivity contribution in [1.82, 2.24) is 0 Å². The zero-order chi connectivity index (χ0) is 15.8. The van der Waals surface area contributed by atoms with E-state index < -0.39 is 17.3 Å². The average molecular weight is 298 g/mol. The second kappa shape index (κ2) is 5.69. The van der Waals surface area contributed by atoms with Crippen molar-refractivity contribution >= 4 is 12.3 Å². The third kappa shape index (κ3) is 3.46. The molecule has 0 aromatic heterocycles. The lowest BCUT2D eigenvalue weighted by molar-refractivity contribution is -0.349. The van der Waals surface area contributed by atoms with Crippen LogP contribution in [0.25, 0.3) is 0 Å². The summed E-state index contributed by atoms with van der Waals surface area (Å²) in [6, 6.07) is 0. The van der Waals surface area contributed by atoms with Crippen LogP contribution in [0.1, 0.15) is 47.5 Å². The molecule has 5 heteroatoms. The fourth-order valence-corrected chi connectivity index (χ4v) is 2.99. The Bertz CT molecular complexity index is 413. The Morgan fingerprint density at radius 2 is 2.05 bits per heavy atom. The lowest BCUT2D eigenvalue weighted by Gasteiger charge is -2.51. The number of aldehydes is 1. The van der Waals surface area contributed by atoms with Crippen molar-refractivity contribution in [2.24, 2.45) is 17.3 Å². The molecule has 0 spiro atoms. The molecule has 5 nitrogen and oxygen atoms in total. The van der Waals surface area contributed by atoms with Gasteiger partial charge in [0.1, 0.15) is 12.4 Å². The Balaban J connectivity index is 2.02. The largest absolute Gasteiger partial charge is 0.465 e. The van der Waals surface area contributed by atoms with Gasteiger partial charge in [-0.25, -0.2) is 0 Å². The first-order valence-electron chi connectivity index (χ1n) is 7.64. The van der Waals surface area contributed by atoms with Crippen molar-refractivity contribution in [1.29, 1.82) is 0 Å².